The minimum absolute atomic E-state index is 0.00110. The van der Waals surface area contributed by atoms with Gasteiger partial charge in [0.2, 0.25) is 17.7 Å². The van der Waals surface area contributed by atoms with E-state index in [9.17, 15) is 24.0 Å². The number of imidazole rings is 1. The maximum atomic E-state index is 13.1. The Hall–Kier alpha value is -3.43. The fourth-order valence-electron chi connectivity index (χ4n) is 4.84. The van der Waals surface area contributed by atoms with Crippen LogP contribution in [-0.4, -0.2) is 55.9 Å². The van der Waals surface area contributed by atoms with Crippen LogP contribution in [0.3, 0.4) is 0 Å². The number of likely N-dealkylation sites (tertiary alicyclic amines) is 1. The Morgan fingerprint density at radius 1 is 1.09 bits per heavy atom. The standard InChI is InChI=1S/C22H26N4O6/c1-24-20-14(13-9-11-25(12-10-13)18(28)7-8-19(29)30)3-2-4-15(20)26(22(24)32)16-5-6-17(27)23-21(16)31/h2-4,13,16H,5-12H2,1H3,(H,29,30)(H,23,27,31). The molecule has 2 aliphatic heterocycles. The van der Waals surface area contributed by atoms with Crippen LogP contribution in [0.2, 0.25) is 0 Å². The first-order valence-electron chi connectivity index (χ1n) is 10.8. The van der Waals surface area contributed by atoms with Crippen molar-refractivity contribution in [2.45, 2.75) is 50.5 Å². The molecule has 0 saturated carbocycles. The average molecular weight is 442 g/mol. The predicted molar refractivity (Wildman–Crippen MR) is 114 cm³/mol. The van der Waals surface area contributed by atoms with Crippen molar-refractivity contribution < 1.29 is 24.3 Å². The first-order valence-corrected chi connectivity index (χ1v) is 10.8. The molecule has 1 unspecified atom stereocenters. The summed E-state index contributed by atoms with van der Waals surface area (Å²) in [5, 5.41) is 11.1. The van der Waals surface area contributed by atoms with E-state index in [-0.39, 0.29) is 49.1 Å². The van der Waals surface area contributed by atoms with Crippen LogP contribution < -0.4 is 11.0 Å². The molecule has 1 atom stereocenters. The van der Waals surface area contributed by atoms with E-state index in [0.29, 0.717) is 31.4 Å². The fraction of sp³-hybridized carbons (Fsp3) is 0.500. The number of nitrogens with one attached hydrogen (secondary N) is 1. The minimum Gasteiger partial charge on any atom is -0.481 e. The Kier molecular flexibility index (Phi) is 5.86. The Morgan fingerprint density at radius 3 is 2.47 bits per heavy atom. The van der Waals surface area contributed by atoms with E-state index in [1.807, 2.05) is 18.2 Å². The van der Waals surface area contributed by atoms with Crippen LogP contribution in [0.1, 0.15) is 56.0 Å². The van der Waals surface area contributed by atoms with Crippen LogP contribution >= 0.6 is 0 Å². The number of piperidine rings is 2. The third-order valence-electron chi connectivity index (χ3n) is 6.50. The number of para-hydroxylation sites is 1. The van der Waals surface area contributed by atoms with Crippen molar-refractivity contribution in [3.8, 4) is 0 Å². The van der Waals surface area contributed by atoms with E-state index in [0.717, 1.165) is 11.1 Å². The number of carbonyl (C=O) groups is 4. The summed E-state index contributed by atoms with van der Waals surface area (Å²) in [5.74, 6) is -1.80. The van der Waals surface area contributed by atoms with E-state index in [1.54, 1.807) is 16.5 Å². The number of carboxylic acids is 1. The molecule has 3 heterocycles. The fourth-order valence-corrected chi connectivity index (χ4v) is 4.84. The van der Waals surface area contributed by atoms with Gasteiger partial charge < -0.3 is 10.0 Å². The van der Waals surface area contributed by atoms with Gasteiger partial charge in [0.15, 0.2) is 0 Å². The van der Waals surface area contributed by atoms with Crippen molar-refractivity contribution in [1.82, 2.24) is 19.4 Å². The van der Waals surface area contributed by atoms with Gasteiger partial charge in [-0.05, 0) is 36.8 Å². The number of aryl methyl sites for hydroxylation is 1. The molecule has 0 radical (unpaired) electrons. The van der Waals surface area contributed by atoms with Crippen LogP contribution in [0.25, 0.3) is 11.0 Å². The number of aromatic nitrogens is 2. The monoisotopic (exact) mass is 442 g/mol. The molecule has 1 aromatic carbocycles. The molecule has 2 fully saturated rings. The second-order valence-corrected chi connectivity index (χ2v) is 8.44. The molecule has 10 nitrogen and oxygen atoms in total. The number of fused-ring (bicyclic) bond motifs is 1. The lowest BCUT2D eigenvalue weighted by Gasteiger charge is -2.32. The van der Waals surface area contributed by atoms with Crippen molar-refractivity contribution in [2.24, 2.45) is 7.05 Å². The molecule has 170 valence electrons. The zero-order valence-electron chi connectivity index (χ0n) is 17.9. The van der Waals surface area contributed by atoms with E-state index in [1.165, 1.54) is 4.57 Å². The lowest BCUT2D eigenvalue weighted by molar-refractivity contribution is -0.141. The van der Waals surface area contributed by atoms with Gasteiger partial charge in [-0.25, -0.2) is 4.79 Å². The van der Waals surface area contributed by atoms with Gasteiger partial charge in [0, 0.05) is 33.0 Å². The average Bonchev–Trinajstić information content (AvgIpc) is 3.03. The number of carboxylic acid groups (broad SMARTS) is 1. The summed E-state index contributed by atoms with van der Waals surface area (Å²) >= 11 is 0. The third kappa shape index (κ3) is 3.92. The summed E-state index contributed by atoms with van der Waals surface area (Å²) in [7, 11) is 1.68. The van der Waals surface area contributed by atoms with Gasteiger partial charge in [-0.2, -0.15) is 0 Å². The Bertz CT molecular complexity index is 1160. The first kappa shape index (κ1) is 21.8. The summed E-state index contributed by atoms with van der Waals surface area (Å²) in [6.07, 6.45) is 1.70. The molecule has 2 saturated heterocycles. The van der Waals surface area contributed by atoms with Crippen LogP contribution in [0, 0.1) is 0 Å². The quantitative estimate of drug-likeness (QED) is 0.662. The van der Waals surface area contributed by atoms with Crippen LogP contribution in [0.5, 0.6) is 0 Å². The largest absolute Gasteiger partial charge is 0.481 e. The van der Waals surface area contributed by atoms with Crippen LogP contribution in [0.15, 0.2) is 23.0 Å². The Labute approximate surface area is 183 Å². The highest BCUT2D eigenvalue weighted by atomic mass is 16.4. The first-order chi connectivity index (χ1) is 15.3. The third-order valence-corrected chi connectivity index (χ3v) is 6.50. The molecule has 0 aliphatic carbocycles. The number of hydrogen-bond acceptors (Lipinski definition) is 5. The van der Waals surface area contributed by atoms with Gasteiger partial charge in [-0.15, -0.1) is 0 Å². The number of imide groups is 1. The van der Waals surface area contributed by atoms with Crippen LogP contribution in [-0.2, 0) is 26.2 Å². The second kappa shape index (κ2) is 8.60. The lowest BCUT2D eigenvalue weighted by Crippen LogP contribution is -2.44. The number of nitrogens with zero attached hydrogens (tertiary/aromatic N) is 3. The van der Waals surface area contributed by atoms with Gasteiger partial charge in [0.25, 0.3) is 0 Å². The van der Waals surface area contributed by atoms with Gasteiger partial charge >= 0.3 is 11.7 Å². The Balaban J connectivity index is 1.60. The Morgan fingerprint density at radius 2 is 1.81 bits per heavy atom. The van der Waals surface area contributed by atoms with Crippen molar-refractivity contribution >= 4 is 34.7 Å². The van der Waals surface area contributed by atoms with Gasteiger partial charge in [-0.1, -0.05) is 12.1 Å². The second-order valence-electron chi connectivity index (χ2n) is 8.44. The van der Waals surface area contributed by atoms with Gasteiger partial charge in [-0.3, -0.25) is 33.6 Å². The molecule has 2 aromatic rings. The van der Waals surface area contributed by atoms with Gasteiger partial charge in [0.05, 0.1) is 17.5 Å². The molecule has 1 aromatic heterocycles. The predicted octanol–water partition coefficient (Wildman–Crippen LogP) is 0.889. The molecular formula is C22H26N4O6. The maximum absolute atomic E-state index is 13.1. The number of amides is 3. The van der Waals surface area contributed by atoms with Crippen molar-refractivity contribution in [3.63, 3.8) is 0 Å². The molecule has 3 amide bonds. The lowest BCUT2D eigenvalue weighted by atomic mass is 9.88. The maximum Gasteiger partial charge on any atom is 0.329 e. The highest BCUT2D eigenvalue weighted by Gasteiger charge is 2.33. The minimum atomic E-state index is -0.985. The zero-order valence-corrected chi connectivity index (χ0v) is 17.9. The summed E-state index contributed by atoms with van der Waals surface area (Å²) < 4.78 is 3.03. The molecule has 0 bridgehead atoms. The van der Waals surface area contributed by atoms with E-state index in [2.05, 4.69) is 5.32 Å². The summed E-state index contributed by atoms with van der Waals surface area (Å²) in [5.41, 5.74) is 2.11. The molecular weight excluding hydrogens is 416 g/mol. The number of aliphatic carboxylic acids is 1. The zero-order chi connectivity index (χ0) is 23.0. The van der Waals surface area contributed by atoms with Crippen LogP contribution in [0.4, 0.5) is 0 Å². The molecule has 32 heavy (non-hydrogen) atoms. The molecule has 2 N–H and O–H groups in total. The van der Waals surface area contributed by atoms with E-state index >= 15 is 0 Å². The SMILES string of the molecule is Cn1c(=O)n(C2CCC(=O)NC2=O)c2cccc(C3CCN(C(=O)CCC(=O)O)CC3)c21. The normalized spacial score (nSPS) is 19.9. The summed E-state index contributed by atoms with van der Waals surface area (Å²) in [4.78, 5) is 61.7. The summed E-state index contributed by atoms with van der Waals surface area (Å²) in [6.45, 7) is 1.06. The van der Waals surface area contributed by atoms with Crippen molar-refractivity contribution in [3.05, 3.63) is 34.2 Å². The number of hydrogen-bond donors (Lipinski definition) is 2. The molecule has 4 rings (SSSR count). The van der Waals surface area contributed by atoms with E-state index < -0.39 is 17.9 Å². The van der Waals surface area contributed by atoms with E-state index in [4.69, 9.17) is 5.11 Å². The van der Waals surface area contributed by atoms with Crippen molar-refractivity contribution in [1.29, 1.82) is 0 Å². The topological polar surface area (TPSA) is 131 Å². The van der Waals surface area contributed by atoms with Gasteiger partial charge in [0.1, 0.15) is 6.04 Å². The number of benzene rings is 1. The molecule has 0 spiro atoms. The smallest absolute Gasteiger partial charge is 0.329 e. The highest BCUT2D eigenvalue weighted by Crippen LogP contribution is 2.34. The highest BCUT2D eigenvalue weighted by molar-refractivity contribution is 6.00. The molecule has 10 heteroatoms. The number of rotatable bonds is 5. The summed E-state index contributed by atoms with van der Waals surface area (Å²) in [6, 6.07) is 4.93. The van der Waals surface area contributed by atoms with Crippen molar-refractivity contribution in [2.75, 3.05) is 13.1 Å². The number of carbonyl (C=O) groups excluding carboxylic acids is 3. The molecule has 2 aliphatic rings.